The maximum Gasteiger partial charge on any atom is 0.340 e. The first-order valence-corrected chi connectivity index (χ1v) is 6.43. The Morgan fingerprint density at radius 1 is 1.18 bits per heavy atom. The zero-order chi connectivity index (χ0) is 16.3. The molecule has 4 nitrogen and oxygen atoms in total. The molecule has 22 heavy (non-hydrogen) atoms. The Bertz CT molecular complexity index is 750. The van der Waals surface area contributed by atoms with Gasteiger partial charge in [0, 0.05) is 22.3 Å². The van der Waals surface area contributed by atoms with E-state index >= 15 is 0 Å². The molecule has 114 valence electrons. The fraction of sp³-hybridized carbons (Fsp3) is 0.0667. The Hall–Kier alpha value is -2.47. The second kappa shape index (κ2) is 6.53. The molecule has 0 unspecified atom stereocenters. The molecule has 7 heteroatoms. The standard InChI is InChI=1S/C15H10ClF2NO3/c1-22-15(21)10-5-11(17)12(18)6-14(10)19-13-3-2-9(16)4-8(13)7-20/h2-7,19H,1H3. The lowest BCUT2D eigenvalue weighted by atomic mass is 10.1. The van der Waals surface area contributed by atoms with Gasteiger partial charge in [0.15, 0.2) is 17.9 Å². The van der Waals surface area contributed by atoms with Crippen LogP contribution >= 0.6 is 11.6 Å². The van der Waals surface area contributed by atoms with Crippen LogP contribution in [-0.2, 0) is 4.74 Å². The van der Waals surface area contributed by atoms with E-state index in [9.17, 15) is 18.4 Å². The third-order valence-corrected chi connectivity index (χ3v) is 3.11. The lowest BCUT2D eigenvalue weighted by Crippen LogP contribution is -2.08. The van der Waals surface area contributed by atoms with E-state index in [0.717, 1.165) is 19.2 Å². The third kappa shape index (κ3) is 3.23. The molecule has 0 spiro atoms. The largest absolute Gasteiger partial charge is 0.465 e. The predicted molar refractivity (Wildman–Crippen MR) is 77.8 cm³/mol. The van der Waals surface area contributed by atoms with Crippen molar-refractivity contribution in [1.29, 1.82) is 0 Å². The highest BCUT2D eigenvalue weighted by molar-refractivity contribution is 6.31. The summed E-state index contributed by atoms with van der Waals surface area (Å²) in [4.78, 5) is 22.7. The Morgan fingerprint density at radius 2 is 1.86 bits per heavy atom. The molecule has 2 aromatic carbocycles. The summed E-state index contributed by atoms with van der Waals surface area (Å²) in [5.41, 5.74) is 0.257. The zero-order valence-electron chi connectivity index (χ0n) is 11.3. The number of anilines is 2. The molecule has 0 saturated heterocycles. The van der Waals surface area contributed by atoms with E-state index in [1.165, 1.54) is 18.2 Å². The van der Waals surface area contributed by atoms with Crippen LogP contribution in [0.15, 0.2) is 30.3 Å². The molecule has 0 heterocycles. The maximum absolute atomic E-state index is 13.4. The summed E-state index contributed by atoms with van der Waals surface area (Å²) < 4.78 is 31.3. The molecular formula is C15H10ClF2NO3. The number of methoxy groups -OCH3 is 1. The van der Waals surface area contributed by atoms with E-state index in [4.69, 9.17) is 11.6 Å². The number of carbonyl (C=O) groups is 2. The number of halogens is 3. The average molecular weight is 326 g/mol. The molecule has 0 aliphatic heterocycles. The first kappa shape index (κ1) is 15.9. The van der Waals surface area contributed by atoms with Crippen LogP contribution in [0.2, 0.25) is 5.02 Å². The van der Waals surface area contributed by atoms with Gasteiger partial charge in [-0.2, -0.15) is 0 Å². The van der Waals surface area contributed by atoms with Gasteiger partial charge in [0.1, 0.15) is 0 Å². The first-order chi connectivity index (χ1) is 10.5. The second-order valence-electron chi connectivity index (χ2n) is 4.28. The fourth-order valence-electron chi connectivity index (χ4n) is 1.82. The molecule has 0 bridgehead atoms. The van der Waals surface area contributed by atoms with Crippen LogP contribution in [0.25, 0.3) is 0 Å². The topological polar surface area (TPSA) is 55.4 Å². The zero-order valence-corrected chi connectivity index (χ0v) is 12.1. The van der Waals surface area contributed by atoms with Crippen molar-refractivity contribution in [3.05, 3.63) is 58.1 Å². The molecule has 0 radical (unpaired) electrons. The smallest absolute Gasteiger partial charge is 0.340 e. The van der Waals surface area contributed by atoms with E-state index < -0.39 is 17.6 Å². The van der Waals surface area contributed by atoms with Gasteiger partial charge < -0.3 is 10.1 Å². The van der Waals surface area contributed by atoms with Crippen LogP contribution in [0, 0.1) is 11.6 Å². The predicted octanol–water partition coefficient (Wildman–Crippen LogP) is 3.96. The van der Waals surface area contributed by atoms with E-state index in [2.05, 4.69) is 10.1 Å². The Balaban J connectivity index is 2.51. The van der Waals surface area contributed by atoms with Crippen molar-refractivity contribution in [3.63, 3.8) is 0 Å². The number of hydrogen-bond donors (Lipinski definition) is 1. The number of aldehydes is 1. The molecule has 0 aliphatic carbocycles. The Kier molecular flexibility index (Phi) is 4.72. The second-order valence-corrected chi connectivity index (χ2v) is 4.71. The summed E-state index contributed by atoms with van der Waals surface area (Å²) >= 11 is 5.78. The number of esters is 1. The lowest BCUT2D eigenvalue weighted by Gasteiger charge is -2.13. The van der Waals surface area contributed by atoms with Crippen molar-refractivity contribution in [1.82, 2.24) is 0 Å². The summed E-state index contributed by atoms with van der Waals surface area (Å²) in [5.74, 6) is -3.17. The number of carbonyl (C=O) groups excluding carboxylic acids is 2. The van der Waals surface area contributed by atoms with E-state index in [1.807, 2.05) is 0 Å². The van der Waals surface area contributed by atoms with Gasteiger partial charge in [0.05, 0.1) is 18.4 Å². The molecule has 0 saturated carbocycles. The monoisotopic (exact) mass is 325 g/mol. The highest BCUT2D eigenvalue weighted by atomic mass is 35.5. The molecule has 0 amide bonds. The van der Waals surface area contributed by atoms with Gasteiger partial charge in [-0.3, -0.25) is 4.79 Å². The minimum atomic E-state index is -1.18. The number of benzene rings is 2. The van der Waals surface area contributed by atoms with Crippen molar-refractivity contribution < 1.29 is 23.1 Å². The first-order valence-electron chi connectivity index (χ1n) is 6.05. The van der Waals surface area contributed by atoms with E-state index in [1.54, 1.807) is 0 Å². The van der Waals surface area contributed by atoms with Crippen molar-refractivity contribution >= 4 is 35.2 Å². The van der Waals surface area contributed by atoms with Crippen LogP contribution in [0.4, 0.5) is 20.2 Å². The molecule has 2 rings (SSSR count). The maximum atomic E-state index is 13.4. The summed E-state index contributed by atoms with van der Waals surface area (Å²) in [6.45, 7) is 0. The number of nitrogens with one attached hydrogen (secondary N) is 1. The molecule has 0 atom stereocenters. The van der Waals surface area contributed by atoms with Crippen molar-refractivity contribution in [2.75, 3.05) is 12.4 Å². The SMILES string of the molecule is COC(=O)c1cc(F)c(F)cc1Nc1ccc(Cl)cc1C=O. The fourth-order valence-corrected chi connectivity index (χ4v) is 2.00. The normalized spacial score (nSPS) is 10.2. The van der Waals surface area contributed by atoms with Crippen LogP contribution in [0.1, 0.15) is 20.7 Å². The quantitative estimate of drug-likeness (QED) is 0.683. The number of rotatable bonds is 4. The van der Waals surface area contributed by atoms with Crippen molar-refractivity contribution in [3.8, 4) is 0 Å². The summed E-state index contributed by atoms with van der Waals surface area (Å²) in [6, 6.07) is 5.92. The molecule has 0 aliphatic rings. The molecule has 0 fully saturated rings. The highest BCUT2D eigenvalue weighted by Gasteiger charge is 2.17. The van der Waals surface area contributed by atoms with Crippen LogP contribution in [0.5, 0.6) is 0 Å². The highest BCUT2D eigenvalue weighted by Crippen LogP contribution is 2.27. The van der Waals surface area contributed by atoms with Gasteiger partial charge in [0.2, 0.25) is 0 Å². The van der Waals surface area contributed by atoms with Crippen molar-refractivity contribution in [2.24, 2.45) is 0 Å². The van der Waals surface area contributed by atoms with Gasteiger partial charge in [-0.25, -0.2) is 13.6 Å². The molecule has 2 aromatic rings. The summed E-state index contributed by atoms with van der Waals surface area (Å²) in [6.07, 6.45) is 0.548. The molecule has 1 N–H and O–H groups in total. The van der Waals surface area contributed by atoms with Crippen LogP contribution in [-0.4, -0.2) is 19.4 Å². The van der Waals surface area contributed by atoms with Gasteiger partial charge in [0.25, 0.3) is 0 Å². The van der Waals surface area contributed by atoms with Gasteiger partial charge in [-0.15, -0.1) is 0 Å². The Labute approximate surface area is 129 Å². The molecule has 0 aromatic heterocycles. The lowest BCUT2D eigenvalue weighted by molar-refractivity contribution is 0.0601. The minimum Gasteiger partial charge on any atom is -0.465 e. The summed E-state index contributed by atoms with van der Waals surface area (Å²) in [7, 11) is 1.12. The van der Waals surface area contributed by atoms with Gasteiger partial charge >= 0.3 is 5.97 Å². The Morgan fingerprint density at radius 3 is 2.50 bits per heavy atom. The van der Waals surface area contributed by atoms with E-state index in [0.29, 0.717) is 11.3 Å². The molecular weight excluding hydrogens is 316 g/mol. The minimum absolute atomic E-state index is 0.0313. The van der Waals surface area contributed by atoms with E-state index in [-0.39, 0.29) is 22.5 Å². The number of ether oxygens (including phenoxy) is 1. The van der Waals surface area contributed by atoms with Gasteiger partial charge in [-0.05, 0) is 24.3 Å². The average Bonchev–Trinajstić information content (AvgIpc) is 2.51. The van der Waals surface area contributed by atoms with Crippen LogP contribution < -0.4 is 5.32 Å². The third-order valence-electron chi connectivity index (χ3n) is 2.88. The summed E-state index contributed by atoms with van der Waals surface area (Å²) in [5, 5.41) is 3.04. The van der Waals surface area contributed by atoms with Crippen LogP contribution in [0.3, 0.4) is 0 Å². The number of hydrogen-bond acceptors (Lipinski definition) is 4. The van der Waals surface area contributed by atoms with Crippen molar-refractivity contribution in [2.45, 2.75) is 0 Å². The van der Waals surface area contributed by atoms with Gasteiger partial charge in [-0.1, -0.05) is 11.6 Å².